The van der Waals surface area contributed by atoms with Crippen LogP contribution in [0, 0.1) is 5.92 Å². The molecule has 0 aliphatic heterocycles. The van der Waals surface area contributed by atoms with Crippen molar-refractivity contribution >= 4 is 12.0 Å². The fourth-order valence-electron chi connectivity index (χ4n) is 2.28. The van der Waals surface area contributed by atoms with Crippen molar-refractivity contribution in [3.63, 3.8) is 0 Å². The van der Waals surface area contributed by atoms with Gasteiger partial charge in [0.25, 0.3) is 0 Å². The number of urea groups is 1. The zero-order valence-corrected chi connectivity index (χ0v) is 10.7. The minimum Gasteiger partial charge on any atom is -0.481 e. The van der Waals surface area contributed by atoms with Crippen molar-refractivity contribution in [1.29, 1.82) is 0 Å². The predicted molar refractivity (Wildman–Crippen MR) is 69.3 cm³/mol. The van der Waals surface area contributed by atoms with Crippen molar-refractivity contribution in [2.45, 2.75) is 44.6 Å². The number of aliphatic carboxylic acids is 1. The van der Waals surface area contributed by atoms with Crippen LogP contribution in [0.2, 0.25) is 0 Å². The van der Waals surface area contributed by atoms with E-state index in [0.717, 1.165) is 25.7 Å². The van der Waals surface area contributed by atoms with Crippen LogP contribution in [0.25, 0.3) is 0 Å². The summed E-state index contributed by atoms with van der Waals surface area (Å²) >= 11 is 0. The number of carboxylic acids is 1. The molecule has 0 saturated heterocycles. The summed E-state index contributed by atoms with van der Waals surface area (Å²) in [5.41, 5.74) is 0. The third-order valence-corrected chi connectivity index (χ3v) is 3.28. The molecule has 1 rings (SSSR count). The van der Waals surface area contributed by atoms with Gasteiger partial charge >= 0.3 is 12.0 Å². The largest absolute Gasteiger partial charge is 0.481 e. The third-order valence-electron chi connectivity index (χ3n) is 3.28. The molecule has 2 atom stereocenters. The molecular weight excluding hydrogens is 232 g/mol. The normalized spacial score (nSPS) is 23.8. The van der Waals surface area contributed by atoms with Crippen LogP contribution in [0.5, 0.6) is 0 Å². The van der Waals surface area contributed by atoms with Crippen LogP contribution in [-0.4, -0.2) is 29.7 Å². The summed E-state index contributed by atoms with van der Waals surface area (Å²) in [4.78, 5) is 22.8. The Kier molecular flexibility index (Phi) is 6.25. The Hall–Kier alpha value is -1.52. The van der Waals surface area contributed by atoms with Crippen LogP contribution >= 0.6 is 0 Å². The van der Waals surface area contributed by atoms with Gasteiger partial charge < -0.3 is 15.7 Å². The molecule has 0 radical (unpaired) electrons. The standard InChI is InChI=1S/C13H22N2O3/c1-2-3-9-14-13(18)15-11-8-6-4-5-7-10(11)12(16)17/h2,10-11H,1,3-9H2,(H,16,17)(H2,14,15,18). The Morgan fingerprint density at radius 1 is 1.28 bits per heavy atom. The van der Waals surface area contributed by atoms with E-state index >= 15 is 0 Å². The molecule has 1 aliphatic rings. The molecule has 0 heterocycles. The minimum atomic E-state index is -0.812. The Morgan fingerprint density at radius 2 is 2.00 bits per heavy atom. The maximum absolute atomic E-state index is 11.6. The number of hydrogen-bond donors (Lipinski definition) is 3. The van der Waals surface area contributed by atoms with Crippen LogP contribution in [0.15, 0.2) is 12.7 Å². The molecule has 1 saturated carbocycles. The summed E-state index contributed by atoms with van der Waals surface area (Å²) in [5.74, 6) is -1.27. The molecule has 0 spiro atoms. The van der Waals surface area contributed by atoms with Crippen molar-refractivity contribution in [3.8, 4) is 0 Å². The number of carbonyl (C=O) groups excluding carboxylic acids is 1. The molecule has 0 aromatic heterocycles. The van der Waals surface area contributed by atoms with Crippen LogP contribution in [-0.2, 0) is 4.79 Å². The Morgan fingerprint density at radius 3 is 2.67 bits per heavy atom. The number of rotatable bonds is 5. The summed E-state index contributed by atoms with van der Waals surface area (Å²) in [6, 6.07) is -0.538. The first-order chi connectivity index (χ1) is 8.65. The highest BCUT2D eigenvalue weighted by atomic mass is 16.4. The third kappa shape index (κ3) is 4.77. The molecule has 1 fully saturated rings. The quantitative estimate of drug-likeness (QED) is 0.398. The summed E-state index contributed by atoms with van der Waals surface area (Å²) in [7, 11) is 0. The van der Waals surface area contributed by atoms with Gasteiger partial charge in [-0.05, 0) is 19.3 Å². The Bertz CT molecular complexity index is 305. The first-order valence-electron chi connectivity index (χ1n) is 6.53. The second kappa shape index (κ2) is 7.74. The molecule has 5 heteroatoms. The molecule has 1 aliphatic carbocycles. The van der Waals surface area contributed by atoms with E-state index in [1.54, 1.807) is 6.08 Å². The van der Waals surface area contributed by atoms with Gasteiger partial charge in [0.15, 0.2) is 0 Å². The number of carbonyl (C=O) groups is 2. The SMILES string of the molecule is C=CCCNC(=O)NC1CCCCCC1C(=O)O. The van der Waals surface area contributed by atoms with E-state index in [-0.39, 0.29) is 12.1 Å². The maximum Gasteiger partial charge on any atom is 0.315 e. The highest BCUT2D eigenvalue weighted by Crippen LogP contribution is 2.23. The van der Waals surface area contributed by atoms with Crippen molar-refractivity contribution in [2.24, 2.45) is 5.92 Å². The van der Waals surface area contributed by atoms with E-state index in [2.05, 4.69) is 17.2 Å². The fraction of sp³-hybridized carbons (Fsp3) is 0.692. The molecular formula is C13H22N2O3. The smallest absolute Gasteiger partial charge is 0.315 e. The van der Waals surface area contributed by atoms with Crippen LogP contribution in [0.1, 0.15) is 38.5 Å². The first kappa shape index (κ1) is 14.5. The first-order valence-corrected chi connectivity index (χ1v) is 6.53. The van der Waals surface area contributed by atoms with Gasteiger partial charge in [0.2, 0.25) is 0 Å². The van der Waals surface area contributed by atoms with Crippen LogP contribution in [0.3, 0.4) is 0 Å². The van der Waals surface area contributed by atoms with E-state index < -0.39 is 11.9 Å². The van der Waals surface area contributed by atoms with Gasteiger partial charge in [-0.15, -0.1) is 6.58 Å². The molecule has 0 aromatic carbocycles. The van der Waals surface area contributed by atoms with Gasteiger partial charge in [-0.1, -0.05) is 25.3 Å². The van der Waals surface area contributed by atoms with Gasteiger partial charge in [-0.3, -0.25) is 4.79 Å². The summed E-state index contributed by atoms with van der Waals surface area (Å²) in [6.07, 6.45) is 6.76. The molecule has 3 N–H and O–H groups in total. The van der Waals surface area contributed by atoms with E-state index in [0.29, 0.717) is 19.4 Å². The van der Waals surface area contributed by atoms with Gasteiger partial charge in [0, 0.05) is 12.6 Å². The van der Waals surface area contributed by atoms with Crippen LogP contribution in [0.4, 0.5) is 4.79 Å². The lowest BCUT2D eigenvalue weighted by Gasteiger charge is -2.22. The maximum atomic E-state index is 11.6. The Labute approximate surface area is 108 Å². The highest BCUT2D eigenvalue weighted by molar-refractivity contribution is 5.76. The number of amides is 2. The molecule has 18 heavy (non-hydrogen) atoms. The molecule has 5 nitrogen and oxygen atoms in total. The number of nitrogens with one attached hydrogen (secondary N) is 2. The summed E-state index contributed by atoms with van der Waals surface area (Å²) in [5, 5.41) is 14.7. The van der Waals surface area contributed by atoms with E-state index in [4.69, 9.17) is 0 Å². The van der Waals surface area contributed by atoms with Gasteiger partial charge in [0.1, 0.15) is 0 Å². The average Bonchev–Trinajstić information content (AvgIpc) is 2.55. The lowest BCUT2D eigenvalue weighted by Crippen LogP contribution is -2.47. The van der Waals surface area contributed by atoms with Gasteiger partial charge in [0.05, 0.1) is 5.92 Å². The second-order valence-electron chi connectivity index (χ2n) is 4.67. The second-order valence-corrected chi connectivity index (χ2v) is 4.67. The van der Waals surface area contributed by atoms with E-state index in [1.165, 1.54) is 0 Å². The van der Waals surface area contributed by atoms with Crippen molar-refractivity contribution in [2.75, 3.05) is 6.54 Å². The zero-order valence-electron chi connectivity index (χ0n) is 10.7. The van der Waals surface area contributed by atoms with Gasteiger partial charge in [-0.2, -0.15) is 0 Å². The van der Waals surface area contributed by atoms with Crippen molar-refractivity contribution < 1.29 is 14.7 Å². The monoisotopic (exact) mass is 254 g/mol. The van der Waals surface area contributed by atoms with Crippen molar-refractivity contribution in [3.05, 3.63) is 12.7 Å². The summed E-state index contributed by atoms with van der Waals surface area (Å²) in [6.45, 7) is 4.10. The minimum absolute atomic E-state index is 0.256. The number of hydrogen-bond acceptors (Lipinski definition) is 2. The zero-order chi connectivity index (χ0) is 13.4. The number of carboxylic acid groups (broad SMARTS) is 1. The lowest BCUT2D eigenvalue weighted by molar-refractivity contribution is -0.142. The predicted octanol–water partition coefficient (Wildman–Crippen LogP) is 1.90. The van der Waals surface area contributed by atoms with E-state index in [1.807, 2.05) is 0 Å². The topological polar surface area (TPSA) is 78.4 Å². The molecule has 0 bridgehead atoms. The Balaban J connectivity index is 2.47. The molecule has 2 amide bonds. The molecule has 2 unspecified atom stereocenters. The van der Waals surface area contributed by atoms with Crippen LogP contribution < -0.4 is 10.6 Å². The average molecular weight is 254 g/mol. The lowest BCUT2D eigenvalue weighted by atomic mass is 9.95. The highest BCUT2D eigenvalue weighted by Gasteiger charge is 2.30. The van der Waals surface area contributed by atoms with E-state index in [9.17, 15) is 14.7 Å². The summed E-state index contributed by atoms with van der Waals surface area (Å²) < 4.78 is 0. The molecule has 102 valence electrons. The van der Waals surface area contributed by atoms with Crippen molar-refractivity contribution in [1.82, 2.24) is 10.6 Å². The van der Waals surface area contributed by atoms with Gasteiger partial charge in [-0.25, -0.2) is 4.79 Å². The molecule has 0 aromatic rings. The fourth-order valence-corrected chi connectivity index (χ4v) is 2.28.